The number of ketones is 1. The molecule has 0 amide bonds. The van der Waals surface area contributed by atoms with Gasteiger partial charge in [0.05, 0.1) is 6.61 Å². The Morgan fingerprint density at radius 1 is 1.38 bits per heavy atom. The van der Waals surface area contributed by atoms with Crippen molar-refractivity contribution in [1.82, 2.24) is 0 Å². The molecule has 0 aromatic carbocycles. The molecule has 0 aliphatic heterocycles. The lowest BCUT2D eigenvalue weighted by Gasteiger charge is -2.21. The lowest BCUT2D eigenvalue weighted by atomic mass is 9.95. The second-order valence-corrected chi connectivity index (χ2v) is 2.74. The molecule has 5 nitrogen and oxygen atoms in total. The molecule has 0 fully saturated rings. The van der Waals surface area contributed by atoms with E-state index in [9.17, 15) is 9.18 Å². The summed E-state index contributed by atoms with van der Waals surface area (Å²) >= 11 is 0. The third-order valence-electron chi connectivity index (χ3n) is 1.62. The third-order valence-corrected chi connectivity index (χ3v) is 1.62. The van der Waals surface area contributed by atoms with Gasteiger partial charge in [0, 0.05) is 0 Å². The van der Waals surface area contributed by atoms with Crippen molar-refractivity contribution >= 4 is 5.78 Å². The van der Waals surface area contributed by atoms with E-state index in [1.165, 1.54) is 0 Å². The van der Waals surface area contributed by atoms with Gasteiger partial charge in [0.1, 0.15) is 18.3 Å². The van der Waals surface area contributed by atoms with Gasteiger partial charge in [-0.05, 0) is 6.92 Å². The molecule has 0 radical (unpaired) electrons. The molecule has 0 aliphatic rings. The van der Waals surface area contributed by atoms with Crippen LogP contribution in [0.2, 0.25) is 0 Å². The van der Waals surface area contributed by atoms with E-state index in [0.29, 0.717) is 0 Å². The second kappa shape index (κ2) is 5.23. The Hall–Kier alpha value is -0.560. The molecule has 0 bridgehead atoms. The third kappa shape index (κ3) is 3.35. The number of carbonyl (C=O) groups is 1. The largest absolute Gasteiger partial charge is 0.394 e. The van der Waals surface area contributed by atoms with Crippen LogP contribution in [-0.4, -0.2) is 57.3 Å². The zero-order chi connectivity index (χ0) is 10.6. The summed E-state index contributed by atoms with van der Waals surface area (Å²) in [6.07, 6.45) is -7.94. The fourth-order valence-electron chi connectivity index (χ4n) is 0.743. The minimum atomic E-state index is -2.25. The number of carbonyl (C=O) groups excluding carboxylic acids is 1. The van der Waals surface area contributed by atoms with Gasteiger partial charge in [0.25, 0.3) is 0 Å². The fourth-order valence-corrected chi connectivity index (χ4v) is 0.743. The van der Waals surface area contributed by atoms with Crippen molar-refractivity contribution in [1.29, 1.82) is 0 Å². The highest BCUT2D eigenvalue weighted by Gasteiger charge is 2.33. The number of aliphatic hydroxyl groups excluding tert-OH is 4. The topological polar surface area (TPSA) is 98.0 Å². The van der Waals surface area contributed by atoms with Crippen LogP contribution in [0.1, 0.15) is 6.92 Å². The van der Waals surface area contributed by atoms with E-state index in [-0.39, 0.29) is 0 Å². The van der Waals surface area contributed by atoms with Crippen molar-refractivity contribution in [2.45, 2.75) is 31.4 Å². The predicted molar refractivity (Wildman–Crippen MR) is 40.7 cm³/mol. The first-order valence-electron chi connectivity index (χ1n) is 3.71. The predicted octanol–water partition coefficient (Wildman–Crippen LogP) is -2.01. The Balaban J connectivity index is 4.24. The number of Topliss-reactive ketones (excluding diaryl/α,β-unsaturated/α-hetero) is 1. The Labute approximate surface area is 74.4 Å². The van der Waals surface area contributed by atoms with E-state index >= 15 is 0 Å². The number of alkyl halides is 1. The van der Waals surface area contributed by atoms with Gasteiger partial charge in [-0.1, -0.05) is 0 Å². The summed E-state index contributed by atoms with van der Waals surface area (Å²) in [7, 11) is 0. The molecule has 4 N–H and O–H groups in total. The highest BCUT2D eigenvalue weighted by molar-refractivity contribution is 5.80. The average Bonchev–Trinajstić information content (AvgIpc) is 2.12. The molecule has 4 atom stereocenters. The van der Waals surface area contributed by atoms with Crippen LogP contribution in [0.25, 0.3) is 0 Å². The lowest BCUT2D eigenvalue weighted by Crippen LogP contribution is -2.45. The van der Waals surface area contributed by atoms with Crippen LogP contribution in [0.5, 0.6) is 0 Å². The van der Waals surface area contributed by atoms with Crippen LogP contribution >= 0.6 is 0 Å². The summed E-state index contributed by atoms with van der Waals surface area (Å²) < 4.78 is 12.8. The van der Waals surface area contributed by atoms with E-state index in [1.54, 1.807) is 0 Å². The van der Waals surface area contributed by atoms with Crippen LogP contribution in [0.4, 0.5) is 4.39 Å². The normalized spacial score (nSPS) is 20.5. The molecular formula is C7H13FO5. The zero-order valence-electron chi connectivity index (χ0n) is 7.09. The SMILES string of the molecule is [11CH3]C(=O)[C@H](O)[C@@H](O)[C@H](F)[C@H](O)CO. The molecule has 0 saturated heterocycles. The molecule has 0 aliphatic carbocycles. The number of hydrogen-bond acceptors (Lipinski definition) is 5. The van der Waals surface area contributed by atoms with Gasteiger partial charge >= 0.3 is 0 Å². The van der Waals surface area contributed by atoms with Crippen molar-refractivity contribution < 1.29 is 29.6 Å². The summed E-state index contributed by atoms with van der Waals surface area (Å²) in [6, 6.07) is 0. The van der Waals surface area contributed by atoms with Gasteiger partial charge < -0.3 is 20.4 Å². The molecule has 0 rings (SSSR count). The molecule has 0 unspecified atom stereocenters. The minimum Gasteiger partial charge on any atom is -0.394 e. The first-order chi connectivity index (χ1) is 5.91. The highest BCUT2D eigenvalue weighted by atomic mass is 19.1. The molecule has 0 spiro atoms. The van der Waals surface area contributed by atoms with Crippen molar-refractivity contribution in [3.63, 3.8) is 0 Å². The molecule has 6 heteroatoms. The van der Waals surface area contributed by atoms with Crippen LogP contribution in [0.15, 0.2) is 0 Å². The summed E-state index contributed by atoms with van der Waals surface area (Å²) in [5.74, 6) is -0.805. The van der Waals surface area contributed by atoms with Gasteiger partial charge in [-0.25, -0.2) is 4.39 Å². The molecule has 0 saturated carbocycles. The van der Waals surface area contributed by atoms with Gasteiger partial charge in [-0.3, -0.25) is 4.79 Å². The van der Waals surface area contributed by atoms with Crippen molar-refractivity contribution in [2.75, 3.05) is 6.61 Å². The van der Waals surface area contributed by atoms with Gasteiger partial charge in [-0.2, -0.15) is 0 Å². The first kappa shape index (κ1) is 12.4. The molecule has 0 heterocycles. The van der Waals surface area contributed by atoms with Gasteiger partial charge in [0.2, 0.25) is 0 Å². The van der Waals surface area contributed by atoms with E-state index in [4.69, 9.17) is 20.4 Å². The Kier molecular flexibility index (Phi) is 5.01. The summed E-state index contributed by atoms with van der Waals surface area (Å²) in [6.45, 7) is 0.0920. The van der Waals surface area contributed by atoms with Crippen LogP contribution in [-0.2, 0) is 4.79 Å². The monoisotopic (exact) mass is 195 g/mol. The minimum absolute atomic E-state index is 0.805. The number of hydrogen-bond donors (Lipinski definition) is 4. The summed E-state index contributed by atoms with van der Waals surface area (Å²) in [5.41, 5.74) is 0. The van der Waals surface area contributed by atoms with E-state index < -0.39 is 36.9 Å². The molecule has 78 valence electrons. The van der Waals surface area contributed by atoms with E-state index in [0.717, 1.165) is 6.92 Å². The highest BCUT2D eigenvalue weighted by Crippen LogP contribution is 2.09. The van der Waals surface area contributed by atoms with Gasteiger partial charge in [0.15, 0.2) is 12.0 Å². The maximum atomic E-state index is 12.8. The summed E-state index contributed by atoms with van der Waals surface area (Å²) in [4.78, 5) is 10.5. The number of halogens is 1. The van der Waals surface area contributed by atoms with Gasteiger partial charge in [-0.15, -0.1) is 0 Å². The van der Waals surface area contributed by atoms with Crippen molar-refractivity contribution in [2.24, 2.45) is 0 Å². The van der Waals surface area contributed by atoms with E-state index in [2.05, 4.69) is 0 Å². The van der Waals surface area contributed by atoms with Crippen LogP contribution < -0.4 is 0 Å². The quantitative estimate of drug-likeness (QED) is 0.406. The van der Waals surface area contributed by atoms with E-state index in [1.807, 2.05) is 0 Å². The molecule has 0 aromatic heterocycles. The summed E-state index contributed by atoms with van der Waals surface area (Å²) in [5, 5.41) is 34.8. The second-order valence-electron chi connectivity index (χ2n) is 2.74. The lowest BCUT2D eigenvalue weighted by molar-refractivity contribution is -0.137. The number of aliphatic hydroxyl groups is 4. The Morgan fingerprint density at radius 3 is 2.15 bits per heavy atom. The number of rotatable bonds is 5. The fraction of sp³-hybridized carbons (Fsp3) is 0.857. The van der Waals surface area contributed by atoms with Crippen molar-refractivity contribution in [3.8, 4) is 0 Å². The smallest absolute Gasteiger partial charge is 0.160 e. The Bertz CT molecular complexity index is 174. The zero-order valence-corrected chi connectivity index (χ0v) is 7.09. The maximum absolute atomic E-state index is 12.8. The average molecular weight is 195 g/mol. The molecule has 0 aromatic rings. The van der Waals surface area contributed by atoms with Crippen LogP contribution in [0, 0.1) is 0 Å². The maximum Gasteiger partial charge on any atom is 0.160 e. The van der Waals surface area contributed by atoms with Crippen molar-refractivity contribution in [3.05, 3.63) is 0 Å². The standard InChI is InChI=1S/C7H13FO5/c1-3(10)6(12)7(13)5(8)4(11)2-9/h4-7,9,11-13H,2H2,1H3/t4-,5-,6+,7+/m1/s1/i1-1. The molecular weight excluding hydrogens is 182 g/mol. The van der Waals surface area contributed by atoms with Crippen LogP contribution in [0.3, 0.4) is 0 Å². The Morgan fingerprint density at radius 2 is 1.85 bits per heavy atom. The first-order valence-corrected chi connectivity index (χ1v) is 3.71. The molecule has 13 heavy (non-hydrogen) atoms.